The maximum Gasteiger partial charge on any atom is 0.270 e. The molecule has 2 aromatic carbocycles. The van der Waals surface area contributed by atoms with Crippen LogP contribution in [0.1, 0.15) is 17.4 Å². The summed E-state index contributed by atoms with van der Waals surface area (Å²) in [6.07, 6.45) is 0. The van der Waals surface area contributed by atoms with Crippen LogP contribution in [0, 0.1) is 10.1 Å². The van der Waals surface area contributed by atoms with E-state index in [-0.39, 0.29) is 42.7 Å². The Bertz CT molecular complexity index is 1260. The van der Waals surface area contributed by atoms with Crippen LogP contribution in [0.2, 0.25) is 0 Å². The molecule has 31 heavy (non-hydrogen) atoms. The van der Waals surface area contributed by atoms with Gasteiger partial charge < -0.3 is 9.47 Å². The van der Waals surface area contributed by atoms with E-state index in [0.717, 1.165) is 17.0 Å². The van der Waals surface area contributed by atoms with Gasteiger partial charge in [0.25, 0.3) is 11.6 Å². The molecule has 1 amide bonds. The Morgan fingerprint density at radius 1 is 1.03 bits per heavy atom. The van der Waals surface area contributed by atoms with Gasteiger partial charge in [-0.3, -0.25) is 14.9 Å². The average molecular weight is 442 g/mol. The Hall–Kier alpha value is -3.24. The van der Waals surface area contributed by atoms with Gasteiger partial charge in [0.15, 0.2) is 0 Å². The maximum atomic E-state index is 13.2. The maximum absolute atomic E-state index is 13.2. The zero-order valence-electron chi connectivity index (χ0n) is 17.0. The van der Waals surface area contributed by atoms with Crippen LogP contribution in [0.4, 0.5) is 5.69 Å². The zero-order valence-corrected chi connectivity index (χ0v) is 17.8. The van der Waals surface area contributed by atoms with Gasteiger partial charge in [0.05, 0.1) is 9.82 Å². The van der Waals surface area contributed by atoms with E-state index < -0.39 is 14.9 Å². The van der Waals surface area contributed by atoms with Crippen LogP contribution in [0.25, 0.3) is 10.9 Å². The van der Waals surface area contributed by atoms with E-state index in [4.69, 9.17) is 0 Å². The number of non-ortho nitro benzene ring substituents is 1. The molecule has 4 rings (SSSR count). The highest BCUT2D eigenvalue weighted by Crippen LogP contribution is 2.24. The molecule has 1 aromatic heterocycles. The number of benzene rings is 2. The van der Waals surface area contributed by atoms with Gasteiger partial charge in [0, 0.05) is 55.8 Å². The number of fused-ring (bicyclic) bond motifs is 1. The predicted molar refractivity (Wildman–Crippen MR) is 115 cm³/mol. The number of carbonyl (C=O) groups excluding carboxylic acids is 1. The summed E-state index contributed by atoms with van der Waals surface area (Å²) in [5, 5.41) is 12.0. The fraction of sp³-hybridized carbons (Fsp3) is 0.286. The van der Waals surface area contributed by atoms with E-state index in [1.807, 2.05) is 41.8 Å². The molecule has 1 saturated heterocycles. The molecule has 0 aliphatic carbocycles. The minimum Gasteiger partial charge on any atom is -0.337 e. The molecule has 3 aromatic rings. The molecule has 10 heteroatoms. The Morgan fingerprint density at radius 3 is 2.42 bits per heavy atom. The zero-order chi connectivity index (χ0) is 22.2. The predicted octanol–water partition coefficient (Wildman–Crippen LogP) is 2.72. The molecule has 1 aliphatic heterocycles. The number of rotatable bonds is 5. The number of piperazine rings is 1. The van der Waals surface area contributed by atoms with Crippen LogP contribution in [0.3, 0.4) is 0 Å². The molecule has 2 heterocycles. The number of carbonyl (C=O) groups is 1. The lowest BCUT2D eigenvalue weighted by Gasteiger charge is -2.34. The molecular formula is C21H22N4O5S. The number of nitro groups is 1. The molecule has 0 N–H and O–H groups in total. The number of aryl methyl sites for hydroxylation is 1. The Morgan fingerprint density at radius 2 is 1.74 bits per heavy atom. The lowest BCUT2D eigenvalue weighted by molar-refractivity contribution is -0.385. The largest absolute Gasteiger partial charge is 0.337 e. The third-order valence-corrected chi connectivity index (χ3v) is 7.43. The lowest BCUT2D eigenvalue weighted by atomic mass is 10.2. The third kappa shape index (κ3) is 3.79. The highest BCUT2D eigenvalue weighted by Gasteiger charge is 2.32. The Balaban J connectivity index is 1.52. The third-order valence-electron chi connectivity index (χ3n) is 5.54. The minimum atomic E-state index is -3.88. The first kappa shape index (κ1) is 21.0. The first-order valence-electron chi connectivity index (χ1n) is 9.95. The molecule has 0 unspecified atom stereocenters. The Kier molecular flexibility index (Phi) is 5.50. The average Bonchev–Trinajstić information content (AvgIpc) is 3.17. The number of nitrogens with zero attached hydrogens (tertiary/aromatic N) is 4. The number of hydrogen-bond donors (Lipinski definition) is 0. The van der Waals surface area contributed by atoms with Gasteiger partial charge >= 0.3 is 0 Å². The molecule has 1 aliphatic rings. The second-order valence-corrected chi connectivity index (χ2v) is 9.22. The van der Waals surface area contributed by atoms with E-state index in [0.29, 0.717) is 12.2 Å². The molecule has 1 fully saturated rings. The van der Waals surface area contributed by atoms with Crippen molar-refractivity contribution in [2.24, 2.45) is 0 Å². The molecule has 9 nitrogen and oxygen atoms in total. The summed E-state index contributed by atoms with van der Waals surface area (Å²) in [4.78, 5) is 25.0. The van der Waals surface area contributed by atoms with Crippen molar-refractivity contribution < 1.29 is 18.1 Å². The molecule has 162 valence electrons. The van der Waals surface area contributed by atoms with Crippen LogP contribution >= 0.6 is 0 Å². The number of amides is 1. The molecule has 0 spiro atoms. The second kappa shape index (κ2) is 8.12. The first-order chi connectivity index (χ1) is 14.8. The topological polar surface area (TPSA) is 106 Å². The fourth-order valence-corrected chi connectivity index (χ4v) is 5.39. The van der Waals surface area contributed by atoms with E-state index in [1.165, 1.54) is 22.5 Å². The van der Waals surface area contributed by atoms with Crippen molar-refractivity contribution in [2.75, 3.05) is 26.2 Å². The number of aromatic nitrogens is 1. The van der Waals surface area contributed by atoms with Gasteiger partial charge in [-0.05, 0) is 25.1 Å². The molecule has 0 bridgehead atoms. The van der Waals surface area contributed by atoms with Crippen LogP contribution in [-0.4, -0.2) is 59.2 Å². The summed E-state index contributed by atoms with van der Waals surface area (Å²) in [6.45, 7) is 3.38. The quantitative estimate of drug-likeness (QED) is 0.446. The number of nitro benzene ring substituents is 1. The monoisotopic (exact) mass is 442 g/mol. The SMILES string of the molecule is CCn1c(C(=O)N2CCN(S(=O)(=O)c3cccc([N+](=O)[O-])c3)CC2)cc2ccccc21. The number of hydrogen-bond acceptors (Lipinski definition) is 5. The first-order valence-corrected chi connectivity index (χ1v) is 11.4. The van der Waals surface area contributed by atoms with E-state index in [2.05, 4.69) is 0 Å². The van der Waals surface area contributed by atoms with Crippen LogP contribution in [0.15, 0.2) is 59.5 Å². The number of sulfonamides is 1. The lowest BCUT2D eigenvalue weighted by Crippen LogP contribution is -2.50. The van der Waals surface area contributed by atoms with Crippen LogP contribution in [-0.2, 0) is 16.6 Å². The normalized spacial score (nSPS) is 15.3. The van der Waals surface area contributed by atoms with Crippen LogP contribution < -0.4 is 0 Å². The van der Waals surface area contributed by atoms with E-state index >= 15 is 0 Å². The fourth-order valence-electron chi connectivity index (χ4n) is 3.93. The van der Waals surface area contributed by atoms with Gasteiger partial charge in [0.1, 0.15) is 5.69 Å². The van der Waals surface area contributed by atoms with Gasteiger partial charge in [-0.1, -0.05) is 24.3 Å². The second-order valence-electron chi connectivity index (χ2n) is 7.28. The number of para-hydroxylation sites is 1. The van der Waals surface area contributed by atoms with Crippen molar-refractivity contribution in [2.45, 2.75) is 18.4 Å². The van der Waals surface area contributed by atoms with Gasteiger partial charge in [-0.25, -0.2) is 8.42 Å². The van der Waals surface area contributed by atoms with E-state index in [9.17, 15) is 23.3 Å². The summed E-state index contributed by atoms with van der Waals surface area (Å²) < 4.78 is 29.1. The summed E-state index contributed by atoms with van der Waals surface area (Å²) >= 11 is 0. The highest BCUT2D eigenvalue weighted by molar-refractivity contribution is 7.89. The summed E-state index contributed by atoms with van der Waals surface area (Å²) in [5.41, 5.74) is 1.29. The molecule has 0 radical (unpaired) electrons. The molecule has 0 atom stereocenters. The van der Waals surface area contributed by atoms with Crippen molar-refractivity contribution in [3.05, 3.63) is 70.4 Å². The van der Waals surface area contributed by atoms with Crippen molar-refractivity contribution in [3.8, 4) is 0 Å². The summed E-state index contributed by atoms with van der Waals surface area (Å²) in [7, 11) is -3.88. The van der Waals surface area contributed by atoms with Crippen molar-refractivity contribution in [1.82, 2.24) is 13.8 Å². The standard InChI is InChI=1S/C21H22N4O5S/c1-2-24-19-9-4-3-6-16(19)14-20(24)21(26)22-10-12-23(13-11-22)31(29,30)18-8-5-7-17(15-18)25(27)28/h3-9,14-15H,2,10-13H2,1H3. The van der Waals surface area contributed by atoms with Gasteiger partial charge in [-0.2, -0.15) is 4.31 Å². The summed E-state index contributed by atoms with van der Waals surface area (Å²) in [6, 6.07) is 14.7. The molecule has 0 saturated carbocycles. The van der Waals surface area contributed by atoms with Crippen molar-refractivity contribution >= 4 is 32.5 Å². The van der Waals surface area contributed by atoms with Gasteiger partial charge in [0.2, 0.25) is 10.0 Å². The van der Waals surface area contributed by atoms with Gasteiger partial charge in [-0.15, -0.1) is 0 Å². The van der Waals surface area contributed by atoms with Crippen molar-refractivity contribution in [1.29, 1.82) is 0 Å². The smallest absolute Gasteiger partial charge is 0.270 e. The minimum absolute atomic E-state index is 0.118. The van der Waals surface area contributed by atoms with E-state index in [1.54, 1.807) is 4.90 Å². The van der Waals surface area contributed by atoms with Crippen LogP contribution in [0.5, 0.6) is 0 Å². The summed E-state index contributed by atoms with van der Waals surface area (Å²) in [5.74, 6) is -0.134. The Labute approximate surface area is 179 Å². The van der Waals surface area contributed by atoms with Crippen molar-refractivity contribution in [3.63, 3.8) is 0 Å². The molecular weight excluding hydrogens is 420 g/mol. The highest BCUT2D eigenvalue weighted by atomic mass is 32.2.